The average molecular weight is 445 g/mol. The molecular formula is C21H18Cl2N4O3. The van der Waals surface area contributed by atoms with Gasteiger partial charge in [-0.2, -0.15) is 9.78 Å². The molecule has 0 bridgehead atoms. The largest absolute Gasteiger partial charge is 0.378 e. The van der Waals surface area contributed by atoms with Gasteiger partial charge in [-0.05, 0) is 48.5 Å². The van der Waals surface area contributed by atoms with Crippen molar-refractivity contribution in [1.82, 2.24) is 9.78 Å². The molecule has 0 saturated carbocycles. The Bertz CT molecular complexity index is 1110. The molecule has 4 rings (SSSR count). The highest BCUT2D eigenvalue weighted by atomic mass is 35.5. The zero-order valence-corrected chi connectivity index (χ0v) is 17.4. The predicted octanol–water partition coefficient (Wildman–Crippen LogP) is 3.63. The van der Waals surface area contributed by atoms with E-state index in [1.54, 1.807) is 24.3 Å². The van der Waals surface area contributed by atoms with E-state index in [0.717, 1.165) is 36.7 Å². The number of carbonyl (C=O) groups excluding carboxylic acids is 1. The van der Waals surface area contributed by atoms with E-state index in [2.05, 4.69) is 15.3 Å². The first-order valence-corrected chi connectivity index (χ1v) is 10.1. The number of nitrogens with one attached hydrogen (secondary N) is 1. The van der Waals surface area contributed by atoms with Crippen molar-refractivity contribution in [1.29, 1.82) is 0 Å². The summed E-state index contributed by atoms with van der Waals surface area (Å²) >= 11 is 11.7. The van der Waals surface area contributed by atoms with Gasteiger partial charge in [-0.25, -0.2) is 0 Å². The van der Waals surface area contributed by atoms with Crippen LogP contribution in [-0.4, -0.2) is 42.0 Å². The first kappa shape index (κ1) is 20.4. The minimum absolute atomic E-state index is 0.0913. The molecule has 0 radical (unpaired) electrons. The average Bonchev–Trinajstić information content (AvgIpc) is 2.79. The summed E-state index contributed by atoms with van der Waals surface area (Å²) in [6.07, 6.45) is 1.30. The Morgan fingerprint density at radius 1 is 0.967 bits per heavy atom. The van der Waals surface area contributed by atoms with Gasteiger partial charge in [-0.1, -0.05) is 23.2 Å². The van der Waals surface area contributed by atoms with E-state index in [0.29, 0.717) is 16.9 Å². The van der Waals surface area contributed by atoms with Gasteiger partial charge in [-0.3, -0.25) is 9.59 Å². The third kappa shape index (κ3) is 4.33. The monoisotopic (exact) mass is 444 g/mol. The fraction of sp³-hybridized carbons (Fsp3) is 0.190. The lowest BCUT2D eigenvalue weighted by Crippen LogP contribution is -2.36. The number of nitrogens with zero attached hydrogens (tertiary/aromatic N) is 3. The highest BCUT2D eigenvalue weighted by Crippen LogP contribution is 2.20. The smallest absolute Gasteiger partial charge is 0.291 e. The van der Waals surface area contributed by atoms with Gasteiger partial charge in [0.1, 0.15) is 5.02 Å². The van der Waals surface area contributed by atoms with Gasteiger partial charge in [0.15, 0.2) is 0 Å². The molecular weight excluding hydrogens is 427 g/mol. The maximum Gasteiger partial charge on any atom is 0.291 e. The second-order valence-corrected chi connectivity index (χ2v) is 7.46. The predicted molar refractivity (Wildman–Crippen MR) is 117 cm³/mol. The van der Waals surface area contributed by atoms with Crippen LogP contribution in [0.25, 0.3) is 5.69 Å². The summed E-state index contributed by atoms with van der Waals surface area (Å²) in [4.78, 5) is 27.0. The molecule has 9 heteroatoms. The number of hydrogen-bond donors (Lipinski definition) is 1. The van der Waals surface area contributed by atoms with Crippen LogP contribution in [0.2, 0.25) is 10.0 Å². The molecule has 1 aliphatic heterocycles. The Morgan fingerprint density at radius 2 is 1.60 bits per heavy atom. The molecule has 0 spiro atoms. The summed E-state index contributed by atoms with van der Waals surface area (Å²) in [5, 5.41) is 6.83. The van der Waals surface area contributed by atoms with Crippen molar-refractivity contribution in [2.24, 2.45) is 0 Å². The van der Waals surface area contributed by atoms with Gasteiger partial charge in [-0.15, -0.1) is 0 Å². The molecule has 0 aliphatic carbocycles. The van der Waals surface area contributed by atoms with Crippen molar-refractivity contribution in [2.75, 3.05) is 36.5 Å². The number of hydrogen-bond acceptors (Lipinski definition) is 5. The molecule has 2 heterocycles. The summed E-state index contributed by atoms with van der Waals surface area (Å²) in [6.45, 7) is 3.15. The molecule has 1 aliphatic rings. The van der Waals surface area contributed by atoms with Crippen LogP contribution in [0, 0.1) is 0 Å². The molecule has 1 aromatic heterocycles. The van der Waals surface area contributed by atoms with Crippen LogP contribution in [0.3, 0.4) is 0 Å². The number of anilines is 2. The minimum Gasteiger partial charge on any atom is -0.378 e. The van der Waals surface area contributed by atoms with Crippen LogP contribution in [-0.2, 0) is 4.74 Å². The molecule has 7 nitrogen and oxygen atoms in total. The van der Waals surface area contributed by atoms with E-state index in [4.69, 9.17) is 27.9 Å². The number of morpholine rings is 1. The molecule has 0 unspecified atom stereocenters. The molecule has 3 aromatic rings. The van der Waals surface area contributed by atoms with Crippen LogP contribution in [0.4, 0.5) is 11.4 Å². The van der Waals surface area contributed by atoms with Crippen molar-refractivity contribution in [3.05, 3.63) is 80.7 Å². The normalized spacial score (nSPS) is 13.9. The lowest BCUT2D eigenvalue weighted by atomic mass is 10.2. The fourth-order valence-electron chi connectivity index (χ4n) is 3.13. The molecule has 1 fully saturated rings. The van der Waals surface area contributed by atoms with E-state index in [-0.39, 0.29) is 16.0 Å². The zero-order valence-electron chi connectivity index (χ0n) is 15.8. The molecule has 2 aromatic carbocycles. The van der Waals surface area contributed by atoms with Gasteiger partial charge in [0, 0.05) is 30.0 Å². The Morgan fingerprint density at radius 3 is 2.27 bits per heavy atom. The van der Waals surface area contributed by atoms with Gasteiger partial charge in [0.05, 0.1) is 30.1 Å². The Hall–Kier alpha value is -2.87. The van der Waals surface area contributed by atoms with E-state index < -0.39 is 5.56 Å². The fourth-order valence-corrected chi connectivity index (χ4v) is 3.38. The third-order valence-electron chi connectivity index (χ3n) is 4.75. The summed E-state index contributed by atoms with van der Waals surface area (Å²) in [5.74, 6) is -0.255. The topological polar surface area (TPSA) is 76.5 Å². The van der Waals surface area contributed by atoms with Crippen molar-refractivity contribution >= 4 is 40.5 Å². The number of ether oxygens (including phenoxy) is 1. The second kappa shape index (κ2) is 8.87. The Labute approximate surface area is 182 Å². The number of amides is 1. The molecule has 154 valence electrons. The first-order valence-electron chi connectivity index (χ1n) is 9.31. The summed E-state index contributed by atoms with van der Waals surface area (Å²) in [7, 11) is 0. The Kier molecular flexibility index (Phi) is 6.03. The highest BCUT2D eigenvalue weighted by Gasteiger charge is 2.13. The standard InChI is InChI=1S/C21H18Cl2N4O3/c22-18-13-24-27(21(29)19(18)23)17-5-1-14(2-6-17)20(28)25-15-3-7-16(8-4-15)26-9-11-30-12-10-26/h1-8,13H,9-12H2,(H,25,28). The lowest BCUT2D eigenvalue weighted by molar-refractivity contribution is 0.102. The summed E-state index contributed by atoms with van der Waals surface area (Å²) in [6, 6.07) is 14.2. The van der Waals surface area contributed by atoms with Crippen LogP contribution in [0.5, 0.6) is 0 Å². The highest BCUT2D eigenvalue weighted by molar-refractivity contribution is 6.41. The summed E-state index contributed by atoms with van der Waals surface area (Å²) < 4.78 is 6.49. The number of carbonyl (C=O) groups is 1. The zero-order chi connectivity index (χ0) is 21.1. The second-order valence-electron chi connectivity index (χ2n) is 6.67. The summed E-state index contributed by atoms with van der Waals surface area (Å²) in [5.41, 5.74) is 2.19. The number of rotatable bonds is 4. The lowest BCUT2D eigenvalue weighted by Gasteiger charge is -2.28. The van der Waals surface area contributed by atoms with Crippen molar-refractivity contribution < 1.29 is 9.53 Å². The van der Waals surface area contributed by atoms with Gasteiger partial charge in [0.2, 0.25) is 0 Å². The van der Waals surface area contributed by atoms with Crippen molar-refractivity contribution in [2.45, 2.75) is 0 Å². The third-order valence-corrected chi connectivity index (χ3v) is 5.50. The van der Waals surface area contributed by atoms with E-state index >= 15 is 0 Å². The van der Waals surface area contributed by atoms with Crippen LogP contribution < -0.4 is 15.8 Å². The quantitative estimate of drug-likeness (QED) is 0.664. The van der Waals surface area contributed by atoms with Gasteiger partial charge >= 0.3 is 0 Å². The Balaban J connectivity index is 1.45. The SMILES string of the molecule is O=C(Nc1ccc(N2CCOCC2)cc1)c1ccc(-n2ncc(Cl)c(Cl)c2=O)cc1. The molecule has 1 amide bonds. The van der Waals surface area contributed by atoms with E-state index in [1.165, 1.54) is 6.20 Å². The van der Waals surface area contributed by atoms with Crippen LogP contribution in [0.1, 0.15) is 10.4 Å². The van der Waals surface area contributed by atoms with Crippen LogP contribution in [0.15, 0.2) is 59.5 Å². The maximum absolute atomic E-state index is 12.6. The molecule has 1 N–H and O–H groups in total. The minimum atomic E-state index is -0.526. The molecule has 0 atom stereocenters. The number of aromatic nitrogens is 2. The van der Waals surface area contributed by atoms with E-state index in [9.17, 15) is 9.59 Å². The molecule has 1 saturated heterocycles. The van der Waals surface area contributed by atoms with Crippen molar-refractivity contribution in [3.63, 3.8) is 0 Å². The number of halogens is 2. The van der Waals surface area contributed by atoms with Crippen LogP contribution >= 0.6 is 23.2 Å². The van der Waals surface area contributed by atoms with Gasteiger partial charge < -0.3 is 15.0 Å². The van der Waals surface area contributed by atoms with E-state index in [1.807, 2.05) is 24.3 Å². The maximum atomic E-state index is 12.6. The molecule has 30 heavy (non-hydrogen) atoms. The number of benzene rings is 2. The van der Waals surface area contributed by atoms with Crippen molar-refractivity contribution in [3.8, 4) is 5.69 Å². The van der Waals surface area contributed by atoms with Gasteiger partial charge in [0.25, 0.3) is 11.5 Å². The first-order chi connectivity index (χ1) is 14.5.